The molecule has 0 saturated carbocycles. The Hall–Kier alpha value is -3.22. The van der Waals surface area contributed by atoms with Crippen LogP contribution in [0.4, 0.5) is 26.2 Å². The summed E-state index contributed by atoms with van der Waals surface area (Å²) in [5.41, 5.74) is 2.01. The number of ether oxygens (including phenoxy) is 1. The predicted molar refractivity (Wildman–Crippen MR) is 102 cm³/mol. The summed E-state index contributed by atoms with van der Waals surface area (Å²) in [6, 6.07) is 13.0. The van der Waals surface area contributed by atoms with Crippen LogP contribution < -0.4 is 15.4 Å². The first kappa shape index (κ1) is 18.6. The number of aromatic nitrogens is 2. The minimum absolute atomic E-state index is 0.117. The van der Waals surface area contributed by atoms with E-state index in [1.807, 2.05) is 31.2 Å². The molecule has 0 amide bonds. The zero-order valence-electron chi connectivity index (χ0n) is 15.1. The fraction of sp³-hybridized carbons (Fsp3) is 0.200. The summed E-state index contributed by atoms with van der Waals surface area (Å²) in [7, 11) is 1.64. The lowest BCUT2D eigenvalue weighted by molar-refractivity contribution is 0.414. The van der Waals surface area contributed by atoms with Crippen molar-refractivity contribution < 1.29 is 13.5 Å². The van der Waals surface area contributed by atoms with Crippen LogP contribution in [0.5, 0.6) is 5.75 Å². The van der Waals surface area contributed by atoms with Crippen molar-refractivity contribution in [2.45, 2.75) is 13.3 Å². The lowest BCUT2D eigenvalue weighted by atomic mass is 10.1. The highest BCUT2D eigenvalue weighted by molar-refractivity contribution is 5.56. The number of benzene rings is 2. The highest BCUT2D eigenvalue weighted by Crippen LogP contribution is 2.20. The number of anilines is 3. The lowest BCUT2D eigenvalue weighted by Crippen LogP contribution is -2.09. The molecule has 0 aliphatic carbocycles. The predicted octanol–water partition coefficient (Wildman–Crippen LogP) is 4.47. The Balaban J connectivity index is 1.64. The smallest absolute Gasteiger partial charge is 0.229 e. The first-order valence-corrected chi connectivity index (χ1v) is 8.48. The fourth-order valence-electron chi connectivity index (χ4n) is 2.55. The molecule has 2 aromatic carbocycles. The first-order chi connectivity index (χ1) is 13.0. The van der Waals surface area contributed by atoms with Gasteiger partial charge in [-0.25, -0.2) is 13.8 Å². The molecule has 7 heteroatoms. The van der Waals surface area contributed by atoms with Crippen molar-refractivity contribution >= 4 is 17.5 Å². The van der Waals surface area contributed by atoms with Crippen molar-refractivity contribution in [2.75, 3.05) is 24.3 Å². The molecule has 0 radical (unpaired) electrons. The summed E-state index contributed by atoms with van der Waals surface area (Å²) in [6.07, 6.45) is 0.808. The maximum atomic E-state index is 13.8. The second kappa shape index (κ2) is 8.44. The Bertz CT molecular complexity index is 916. The van der Waals surface area contributed by atoms with E-state index in [9.17, 15) is 8.78 Å². The number of hydrogen-bond donors (Lipinski definition) is 2. The zero-order chi connectivity index (χ0) is 19.2. The van der Waals surface area contributed by atoms with E-state index < -0.39 is 11.6 Å². The summed E-state index contributed by atoms with van der Waals surface area (Å²) < 4.78 is 32.0. The highest BCUT2D eigenvalue weighted by Gasteiger charge is 2.07. The van der Waals surface area contributed by atoms with Crippen LogP contribution in [0, 0.1) is 18.6 Å². The maximum Gasteiger partial charge on any atom is 0.229 e. The molecule has 3 aromatic rings. The van der Waals surface area contributed by atoms with Crippen LogP contribution in [0.1, 0.15) is 11.3 Å². The summed E-state index contributed by atoms with van der Waals surface area (Å²) in [5, 5.41) is 6.02. The van der Waals surface area contributed by atoms with Gasteiger partial charge in [0, 0.05) is 24.4 Å². The van der Waals surface area contributed by atoms with Gasteiger partial charge in [-0.2, -0.15) is 4.98 Å². The lowest BCUT2D eigenvalue weighted by Gasteiger charge is -2.11. The van der Waals surface area contributed by atoms with Gasteiger partial charge in [0.1, 0.15) is 23.2 Å². The van der Waals surface area contributed by atoms with Gasteiger partial charge in [-0.3, -0.25) is 0 Å². The van der Waals surface area contributed by atoms with Crippen molar-refractivity contribution in [1.29, 1.82) is 0 Å². The number of aryl methyl sites for hydroxylation is 1. The van der Waals surface area contributed by atoms with Crippen molar-refractivity contribution in [1.82, 2.24) is 9.97 Å². The first-order valence-electron chi connectivity index (χ1n) is 8.48. The topological polar surface area (TPSA) is 59.1 Å². The monoisotopic (exact) mass is 370 g/mol. The van der Waals surface area contributed by atoms with Crippen molar-refractivity contribution in [2.24, 2.45) is 0 Å². The molecule has 0 bridgehead atoms. The third-order valence-electron chi connectivity index (χ3n) is 3.91. The van der Waals surface area contributed by atoms with Gasteiger partial charge < -0.3 is 15.4 Å². The van der Waals surface area contributed by atoms with Gasteiger partial charge in [-0.15, -0.1) is 0 Å². The second-order valence-corrected chi connectivity index (χ2v) is 5.99. The third kappa shape index (κ3) is 5.13. The number of halogens is 2. The van der Waals surface area contributed by atoms with Crippen molar-refractivity contribution in [3.63, 3.8) is 0 Å². The second-order valence-electron chi connectivity index (χ2n) is 5.99. The number of rotatable bonds is 7. The Morgan fingerprint density at radius 2 is 1.78 bits per heavy atom. The van der Waals surface area contributed by atoms with E-state index in [4.69, 9.17) is 4.74 Å². The highest BCUT2D eigenvalue weighted by atomic mass is 19.1. The molecule has 0 atom stereocenters. The average Bonchev–Trinajstić information content (AvgIpc) is 2.64. The molecular formula is C20H20F2N4O. The van der Waals surface area contributed by atoms with Crippen LogP contribution in [0.3, 0.4) is 0 Å². The molecule has 3 rings (SSSR count). The molecule has 0 spiro atoms. The van der Waals surface area contributed by atoms with Crippen LogP contribution in [-0.4, -0.2) is 23.6 Å². The maximum absolute atomic E-state index is 13.8. The summed E-state index contributed by atoms with van der Waals surface area (Å²) in [5.74, 6) is 0.355. The van der Waals surface area contributed by atoms with E-state index in [-0.39, 0.29) is 11.6 Å². The van der Waals surface area contributed by atoms with Crippen LogP contribution in [0.25, 0.3) is 0 Å². The van der Waals surface area contributed by atoms with E-state index in [0.717, 1.165) is 23.9 Å². The van der Waals surface area contributed by atoms with E-state index in [1.54, 1.807) is 13.2 Å². The summed E-state index contributed by atoms with van der Waals surface area (Å²) in [4.78, 5) is 8.58. The number of nitrogens with zero attached hydrogens (tertiary/aromatic N) is 2. The van der Waals surface area contributed by atoms with Crippen molar-refractivity contribution in [3.05, 3.63) is 71.4 Å². The molecule has 140 valence electrons. The summed E-state index contributed by atoms with van der Waals surface area (Å²) in [6.45, 7) is 2.50. The van der Waals surface area contributed by atoms with Crippen LogP contribution >= 0.6 is 0 Å². The zero-order valence-corrected chi connectivity index (χ0v) is 15.1. The molecule has 0 fully saturated rings. The van der Waals surface area contributed by atoms with Gasteiger partial charge >= 0.3 is 0 Å². The minimum Gasteiger partial charge on any atom is -0.497 e. The Morgan fingerprint density at radius 1 is 1.00 bits per heavy atom. The minimum atomic E-state index is -0.700. The number of methoxy groups -OCH3 is 1. The van der Waals surface area contributed by atoms with Gasteiger partial charge in [0.05, 0.1) is 12.8 Å². The molecule has 1 aromatic heterocycles. The van der Waals surface area contributed by atoms with Crippen LogP contribution in [-0.2, 0) is 6.42 Å². The summed E-state index contributed by atoms with van der Waals surface area (Å²) >= 11 is 0. The van der Waals surface area contributed by atoms with Gasteiger partial charge in [0.15, 0.2) is 0 Å². The number of hydrogen-bond acceptors (Lipinski definition) is 5. The standard InChI is InChI=1S/C20H20F2N4O/c1-13-11-19(23-10-9-14-3-6-16(27-2)7-4-14)26-20(24-13)25-18-8-5-15(21)12-17(18)22/h3-8,11-12H,9-10H2,1-2H3,(H2,23,24,25,26). The van der Waals surface area contributed by atoms with Gasteiger partial charge in [0.25, 0.3) is 0 Å². The largest absolute Gasteiger partial charge is 0.497 e. The Labute approximate surface area is 156 Å². The van der Waals surface area contributed by atoms with Gasteiger partial charge in [-0.1, -0.05) is 12.1 Å². The average molecular weight is 370 g/mol. The molecule has 27 heavy (non-hydrogen) atoms. The Morgan fingerprint density at radius 3 is 2.48 bits per heavy atom. The fourth-order valence-corrected chi connectivity index (χ4v) is 2.55. The number of nitrogens with one attached hydrogen (secondary N) is 2. The van der Waals surface area contributed by atoms with Crippen LogP contribution in [0.15, 0.2) is 48.5 Å². The molecule has 2 N–H and O–H groups in total. The SMILES string of the molecule is COc1ccc(CCNc2cc(C)nc(Nc3ccc(F)cc3F)n2)cc1. The normalized spacial score (nSPS) is 10.5. The Kier molecular flexibility index (Phi) is 5.80. The molecule has 0 saturated heterocycles. The van der Waals surface area contributed by atoms with Crippen molar-refractivity contribution in [3.8, 4) is 5.75 Å². The van der Waals surface area contributed by atoms with E-state index >= 15 is 0 Å². The van der Waals surface area contributed by atoms with E-state index in [2.05, 4.69) is 20.6 Å². The molecule has 1 heterocycles. The molecule has 0 aliphatic rings. The van der Waals surface area contributed by atoms with E-state index in [1.165, 1.54) is 17.7 Å². The molecular weight excluding hydrogens is 350 g/mol. The third-order valence-corrected chi connectivity index (χ3v) is 3.91. The molecule has 0 aliphatic heterocycles. The van der Waals surface area contributed by atoms with Crippen LogP contribution in [0.2, 0.25) is 0 Å². The quantitative estimate of drug-likeness (QED) is 0.643. The van der Waals surface area contributed by atoms with Gasteiger partial charge in [0.2, 0.25) is 5.95 Å². The van der Waals surface area contributed by atoms with Gasteiger partial charge in [-0.05, 0) is 43.2 Å². The molecule has 5 nitrogen and oxygen atoms in total. The van der Waals surface area contributed by atoms with E-state index in [0.29, 0.717) is 12.4 Å². The molecule has 0 unspecified atom stereocenters.